The molecule has 1 rings (SSSR count). The highest BCUT2D eigenvalue weighted by Crippen LogP contribution is 2.21. The van der Waals surface area contributed by atoms with Crippen LogP contribution in [0.1, 0.15) is 26.3 Å². The average Bonchev–Trinajstić information content (AvgIpc) is 2.50. The number of nitrogens with one attached hydrogen (secondary N) is 1. The fourth-order valence-electron chi connectivity index (χ4n) is 1.97. The van der Waals surface area contributed by atoms with Crippen molar-refractivity contribution >= 4 is 29.9 Å². The summed E-state index contributed by atoms with van der Waals surface area (Å²) >= 11 is 0. The highest BCUT2D eigenvalue weighted by molar-refractivity contribution is 5.92. The van der Waals surface area contributed by atoms with E-state index in [4.69, 9.17) is 5.73 Å². The number of carbonyl (C=O) groups excluding carboxylic acids is 2. The third-order valence-electron chi connectivity index (χ3n) is 3.68. The summed E-state index contributed by atoms with van der Waals surface area (Å²) in [6.07, 6.45) is -4.91. The average molecular weight is 382 g/mol. The number of benzene rings is 1. The van der Waals surface area contributed by atoms with Crippen molar-refractivity contribution in [3.8, 4) is 0 Å². The predicted octanol–water partition coefficient (Wildman–Crippen LogP) is 2.94. The van der Waals surface area contributed by atoms with Crippen LogP contribution in [-0.4, -0.2) is 35.5 Å². The van der Waals surface area contributed by atoms with E-state index in [1.54, 1.807) is 32.0 Å². The summed E-state index contributed by atoms with van der Waals surface area (Å²) < 4.78 is 37.6. The van der Waals surface area contributed by atoms with Crippen molar-refractivity contribution in [3.63, 3.8) is 0 Å². The molecule has 0 aromatic heterocycles. The van der Waals surface area contributed by atoms with E-state index < -0.39 is 18.0 Å². The molecule has 2 unspecified atom stereocenters. The first-order valence-corrected chi connectivity index (χ1v) is 7.57. The van der Waals surface area contributed by atoms with Gasteiger partial charge in [-0.25, -0.2) is 0 Å². The van der Waals surface area contributed by atoms with Crippen LogP contribution in [0.15, 0.2) is 24.3 Å². The number of alkyl halides is 3. The van der Waals surface area contributed by atoms with Gasteiger partial charge in [0, 0.05) is 24.8 Å². The van der Waals surface area contributed by atoms with E-state index in [9.17, 15) is 22.8 Å². The zero-order valence-corrected chi connectivity index (χ0v) is 15.1. The molecule has 2 amide bonds. The molecule has 1 aromatic rings. The fraction of sp³-hybridized carbons (Fsp3) is 0.500. The minimum Gasteiger partial charge on any atom is -0.331 e. The molecular formula is C16H23ClF3N3O2. The molecule has 0 spiro atoms. The standard InChI is InChI=1S/C16H22F3N3O2.ClH/c1-4-22(15(24)16(17,18)19)9-12-6-5-7-13(8-12)21-14(23)10(2)11(3)20;/h5-8,10-11H,4,9,20H2,1-3H3,(H,21,23);1H. The molecule has 0 aliphatic carbocycles. The smallest absolute Gasteiger partial charge is 0.331 e. The van der Waals surface area contributed by atoms with Crippen LogP contribution >= 0.6 is 12.4 Å². The van der Waals surface area contributed by atoms with Gasteiger partial charge >= 0.3 is 12.1 Å². The van der Waals surface area contributed by atoms with Gasteiger partial charge in [0.15, 0.2) is 0 Å². The van der Waals surface area contributed by atoms with E-state index in [2.05, 4.69) is 5.32 Å². The molecule has 142 valence electrons. The highest BCUT2D eigenvalue weighted by atomic mass is 35.5. The van der Waals surface area contributed by atoms with Gasteiger partial charge in [-0.3, -0.25) is 9.59 Å². The summed E-state index contributed by atoms with van der Waals surface area (Å²) in [5.74, 6) is -2.57. The molecule has 0 bridgehead atoms. The molecule has 0 fully saturated rings. The summed E-state index contributed by atoms with van der Waals surface area (Å²) in [7, 11) is 0. The number of anilines is 1. The number of carbonyl (C=O) groups is 2. The molecule has 5 nitrogen and oxygen atoms in total. The minimum atomic E-state index is -4.91. The monoisotopic (exact) mass is 381 g/mol. The Balaban J connectivity index is 0.00000576. The molecule has 0 saturated carbocycles. The summed E-state index contributed by atoms with van der Waals surface area (Å²) in [6.45, 7) is 4.60. The van der Waals surface area contributed by atoms with Crippen molar-refractivity contribution in [2.24, 2.45) is 11.7 Å². The summed E-state index contributed by atoms with van der Waals surface area (Å²) in [5.41, 5.74) is 6.60. The van der Waals surface area contributed by atoms with Crippen LogP contribution in [-0.2, 0) is 16.1 Å². The number of amides is 2. The predicted molar refractivity (Wildman–Crippen MR) is 92.3 cm³/mol. The molecular weight excluding hydrogens is 359 g/mol. The Bertz CT molecular complexity index is 594. The van der Waals surface area contributed by atoms with Crippen LogP contribution in [0.2, 0.25) is 0 Å². The molecule has 1 aromatic carbocycles. The summed E-state index contributed by atoms with van der Waals surface area (Å²) in [4.78, 5) is 24.0. The summed E-state index contributed by atoms with van der Waals surface area (Å²) in [5, 5.41) is 2.67. The number of halogens is 4. The largest absolute Gasteiger partial charge is 0.471 e. The molecule has 0 aliphatic heterocycles. The first-order valence-electron chi connectivity index (χ1n) is 7.57. The van der Waals surface area contributed by atoms with Crippen molar-refractivity contribution in [1.82, 2.24) is 4.90 Å². The first kappa shape index (κ1) is 23.2. The van der Waals surface area contributed by atoms with E-state index in [1.807, 2.05) is 0 Å². The Morgan fingerprint density at radius 2 is 1.88 bits per heavy atom. The van der Waals surface area contributed by atoms with E-state index in [-0.39, 0.29) is 37.4 Å². The van der Waals surface area contributed by atoms with Gasteiger partial charge in [0.05, 0.1) is 5.92 Å². The minimum absolute atomic E-state index is 0. The number of nitrogens with zero attached hydrogens (tertiary/aromatic N) is 1. The molecule has 0 saturated heterocycles. The number of nitrogens with two attached hydrogens (primary N) is 1. The van der Waals surface area contributed by atoms with Crippen LogP contribution in [0.5, 0.6) is 0 Å². The lowest BCUT2D eigenvalue weighted by molar-refractivity contribution is -0.185. The lowest BCUT2D eigenvalue weighted by Gasteiger charge is -2.22. The normalized spacial score (nSPS) is 13.4. The maximum absolute atomic E-state index is 12.5. The van der Waals surface area contributed by atoms with Crippen LogP contribution in [0, 0.1) is 5.92 Å². The van der Waals surface area contributed by atoms with Crippen LogP contribution < -0.4 is 11.1 Å². The SMILES string of the molecule is CCN(Cc1cccc(NC(=O)C(C)C(C)N)c1)C(=O)C(F)(F)F.Cl. The van der Waals surface area contributed by atoms with E-state index >= 15 is 0 Å². The lowest BCUT2D eigenvalue weighted by atomic mass is 10.0. The van der Waals surface area contributed by atoms with Gasteiger partial charge in [-0.1, -0.05) is 19.1 Å². The van der Waals surface area contributed by atoms with Gasteiger partial charge in [-0.2, -0.15) is 13.2 Å². The van der Waals surface area contributed by atoms with Crippen LogP contribution in [0.3, 0.4) is 0 Å². The van der Waals surface area contributed by atoms with E-state index in [1.165, 1.54) is 13.0 Å². The van der Waals surface area contributed by atoms with Crippen molar-refractivity contribution in [2.45, 2.75) is 39.5 Å². The van der Waals surface area contributed by atoms with Gasteiger partial charge in [0.1, 0.15) is 0 Å². The number of rotatable bonds is 6. The molecule has 0 aliphatic rings. The topological polar surface area (TPSA) is 75.4 Å². The van der Waals surface area contributed by atoms with E-state index in [0.717, 1.165) is 0 Å². The van der Waals surface area contributed by atoms with Gasteiger partial charge in [0.25, 0.3) is 0 Å². The van der Waals surface area contributed by atoms with Gasteiger partial charge in [-0.15, -0.1) is 12.4 Å². The second kappa shape index (κ2) is 9.62. The third-order valence-corrected chi connectivity index (χ3v) is 3.68. The second-order valence-corrected chi connectivity index (χ2v) is 5.65. The quantitative estimate of drug-likeness (QED) is 0.795. The molecule has 0 radical (unpaired) electrons. The van der Waals surface area contributed by atoms with Crippen LogP contribution in [0.25, 0.3) is 0 Å². The summed E-state index contributed by atoms with van der Waals surface area (Å²) in [6, 6.07) is 6.03. The molecule has 2 atom stereocenters. The Hall–Kier alpha value is -1.80. The Labute approximate surface area is 151 Å². The number of hydrogen-bond acceptors (Lipinski definition) is 3. The fourth-order valence-corrected chi connectivity index (χ4v) is 1.97. The number of hydrogen-bond donors (Lipinski definition) is 2. The van der Waals surface area contributed by atoms with Crippen molar-refractivity contribution in [2.75, 3.05) is 11.9 Å². The second-order valence-electron chi connectivity index (χ2n) is 5.65. The van der Waals surface area contributed by atoms with E-state index in [0.29, 0.717) is 16.2 Å². The van der Waals surface area contributed by atoms with Gasteiger partial charge < -0.3 is 16.0 Å². The van der Waals surface area contributed by atoms with Crippen LogP contribution in [0.4, 0.5) is 18.9 Å². The lowest BCUT2D eigenvalue weighted by Crippen LogP contribution is -2.40. The first-order chi connectivity index (χ1) is 11.1. The third kappa shape index (κ3) is 6.91. The van der Waals surface area contributed by atoms with Crippen molar-refractivity contribution in [1.29, 1.82) is 0 Å². The van der Waals surface area contributed by atoms with Gasteiger partial charge in [-0.05, 0) is 31.5 Å². The molecule has 3 N–H and O–H groups in total. The zero-order chi connectivity index (χ0) is 18.5. The van der Waals surface area contributed by atoms with Gasteiger partial charge in [0.2, 0.25) is 5.91 Å². The van der Waals surface area contributed by atoms with Crippen molar-refractivity contribution in [3.05, 3.63) is 29.8 Å². The highest BCUT2D eigenvalue weighted by Gasteiger charge is 2.41. The van der Waals surface area contributed by atoms with Crippen molar-refractivity contribution < 1.29 is 22.8 Å². The maximum atomic E-state index is 12.5. The molecule has 9 heteroatoms. The Kier molecular flexibility index (Phi) is 8.93. The maximum Gasteiger partial charge on any atom is 0.471 e. The zero-order valence-electron chi connectivity index (χ0n) is 14.3. The Morgan fingerprint density at radius 3 is 2.36 bits per heavy atom. The molecule has 0 heterocycles. The Morgan fingerprint density at radius 1 is 1.28 bits per heavy atom. The molecule has 25 heavy (non-hydrogen) atoms.